The number of hydrogen-bond acceptors (Lipinski definition) is 4. The summed E-state index contributed by atoms with van der Waals surface area (Å²) in [5.41, 5.74) is 0. The van der Waals surface area contributed by atoms with Crippen molar-refractivity contribution < 1.29 is 19.1 Å². The van der Waals surface area contributed by atoms with Gasteiger partial charge in [0.1, 0.15) is 12.6 Å². The van der Waals surface area contributed by atoms with Crippen LogP contribution in [0.2, 0.25) is 0 Å². The van der Waals surface area contributed by atoms with Crippen LogP contribution in [0.25, 0.3) is 0 Å². The van der Waals surface area contributed by atoms with Gasteiger partial charge < -0.3 is 14.8 Å². The van der Waals surface area contributed by atoms with Crippen molar-refractivity contribution in [1.29, 1.82) is 0 Å². The Morgan fingerprint density at radius 2 is 2.17 bits per heavy atom. The molecular weight excluding hydrogens is 162 g/mol. The Balaban J connectivity index is 2.04. The third kappa shape index (κ3) is 3.23. The maximum Gasteiger partial charge on any atom is 0.407 e. The number of esters is 1. The normalized spacial score (nSPS) is 15.1. The summed E-state index contributed by atoms with van der Waals surface area (Å²) >= 11 is 0. The maximum atomic E-state index is 10.8. The zero-order chi connectivity index (χ0) is 8.97. The van der Waals surface area contributed by atoms with Gasteiger partial charge in [0, 0.05) is 0 Å². The Morgan fingerprint density at radius 1 is 1.50 bits per heavy atom. The fourth-order valence-electron chi connectivity index (χ4n) is 0.595. The van der Waals surface area contributed by atoms with Crippen molar-refractivity contribution in [3.63, 3.8) is 0 Å². The number of carbonyl (C=O) groups excluding carboxylic acids is 2. The van der Waals surface area contributed by atoms with E-state index < -0.39 is 12.1 Å². The van der Waals surface area contributed by atoms with Crippen LogP contribution in [-0.4, -0.2) is 31.8 Å². The molecule has 0 heterocycles. The Labute approximate surface area is 70.0 Å². The summed E-state index contributed by atoms with van der Waals surface area (Å²) in [6.45, 7) is -0.137. The van der Waals surface area contributed by atoms with Gasteiger partial charge in [-0.15, -0.1) is 0 Å². The highest BCUT2D eigenvalue weighted by Gasteiger charge is 2.25. The fourth-order valence-corrected chi connectivity index (χ4v) is 0.595. The highest BCUT2D eigenvalue weighted by atomic mass is 16.6. The molecule has 0 aliphatic heterocycles. The number of nitrogens with one attached hydrogen (secondary N) is 1. The predicted octanol–water partition coefficient (Wildman–Crippen LogP) is 0.0480. The van der Waals surface area contributed by atoms with Gasteiger partial charge >= 0.3 is 12.1 Å². The summed E-state index contributed by atoms with van der Waals surface area (Å²) in [6, 6.07) is 0. The number of rotatable bonds is 3. The predicted molar refractivity (Wildman–Crippen MR) is 39.5 cm³/mol. The molecule has 1 N–H and O–H groups in total. The molecule has 68 valence electrons. The summed E-state index contributed by atoms with van der Waals surface area (Å²) < 4.78 is 9.11. The SMILES string of the molecule is COC(=O)CNC(=O)OC1CC1. The van der Waals surface area contributed by atoms with Gasteiger partial charge in [0.15, 0.2) is 0 Å². The van der Waals surface area contributed by atoms with Gasteiger partial charge in [-0.25, -0.2) is 4.79 Å². The third-order valence-corrected chi connectivity index (χ3v) is 1.40. The molecule has 0 radical (unpaired) electrons. The molecule has 5 nitrogen and oxygen atoms in total. The number of methoxy groups -OCH3 is 1. The Bertz CT molecular complexity index is 188. The molecule has 1 fully saturated rings. The first-order chi connectivity index (χ1) is 5.72. The number of ether oxygens (including phenoxy) is 2. The van der Waals surface area contributed by atoms with Crippen LogP contribution in [0.3, 0.4) is 0 Å². The zero-order valence-corrected chi connectivity index (χ0v) is 6.83. The van der Waals surface area contributed by atoms with Gasteiger partial charge in [0.05, 0.1) is 7.11 Å². The fraction of sp³-hybridized carbons (Fsp3) is 0.714. The number of hydrogen-bond donors (Lipinski definition) is 1. The van der Waals surface area contributed by atoms with Crippen LogP contribution in [0, 0.1) is 0 Å². The molecule has 1 aliphatic carbocycles. The van der Waals surface area contributed by atoms with Gasteiger partial charge in [-0.3, -0.25) is 4.79 Å². The van der Waals surface area contributed by atoms with Crippen LogP contribution in [0.15, 0.2) is 0 Å². The third-order valence-electron chi connectivity index (χ3n) is 1.40. The van der Waals surface area contributed by atoms with Crippen LogP contribution in [0.4, 0.5) is 4.79 Å². The highest BCUT2D eigenvalue weighted by Crippen LogP contribution is 2.23. The van der Waals surface area contributed by atoms with E-state index in [0.29, 0.717) is 0 Å². The second-order valence-electron chi connectivity index (χ2n) is 2.53. The van der Waals surface area contributed by atoms with Crippen molar-refractivity contribution in [3.05, 3.63) is 0 Å². The first-order valence-electron chi connectivity index (χ1n) is 3.73. The molecule has 0 aromatic carbocycles. The minimum Gasteiger partial charge on any atom is -0.468 e. The van der Waals surface area contributed by atoms with Crippen molar-refractivity contribution >= 4 is 12.1 Å². The molecule has 0 unspecified atom stereocenters. The highest BCUT2D eigenvalue weighted by molar-refractivity contribution is 5.77. The van der Waals surface area contributed by atoms with Gasteiger partial charge in [0.2, 0.25) is 0 Å². The maximum absolute atomic E-state index is 10.8. The Morgan fingerprint density at radius 3 is 2.67 bits per heavy atom. The molecule has 1 amide bonds. The smallest absolute Gasteiger partial charge is 0.407 e. The van der Waals surface area contributed by atoms with E-state index in [9.17, 15) is 9.59 Å². The van der Waals surface area contributed by atoms with Crippen LogP contribution >= 0.6 is 0 Å². The first kappa shape index (κ1) is 8.83. The molecule has 0 aromatic heterocycles. The second-order valence-corrected chi connectivity index (χ2v) is 2.53. The van der Waals surface area contributed by atoms with Crippen molar-refractivity contribution in [1.82, 2.24) is 5.32 Å². The summed E-state index contributed by atoms with van der Waals surface area (Å²) in [7, 11) is 1.26. The lowest BCUT2D eigenvalue weighted by molar-refractivity contribution is -0.139. The summed E-state index contributed by atoms with van der Waals surface area (Å²) in [6.07, 6.45) is 1.35. The minimum atomic E-state index is -0.553. The molecule has 1 saturated carbocycles. The van der Waals surface area contributed by atoms with Crippen LogP contribution in [0.5, 0.6) is 0 Å². The van der Waals surface area contributed by atoms with E-state index in [2.05, 4.69) is 10.1 Å². The van der Waals surface area contributed by atoms with Gasteiger partial charge in [-0.1, -0.05) is 0 Å². The second kappa shape index (κ2) is 3.94. The van der Waals surface area contributed by atoms with Gasteiger partial charge in [-0.05, 0) is 12.8 Å². The zero-order valence-electron chi connectivity index (χ0n) is 6.83. The topological polar surface area (TPSA) is 64.6 Å². The number of alkyl carbamates (subject to hydrolysis) is 1. The van der Waals surface area contributed by atoms with Crippen molar-refractivity contribution in [2.75, 3.05) is 13.7 Å². The molecule has 1 rings (SSSR count). The molecule has 5 heteroatoms. The summed E-state index contributed by atoms with van der Waals surface area (Å²) in [4.78, 5) is 21.3. The Kier molecular flexibility index (Phi) is 2.90. The number of carbonyl (C=O) groups is 2. The van der Waals surface area contributed by atoms with E-state index in [4.69, 9.17) is 4.74 Å². The van der Waals surface area contributed by atoms with Crippen LogP contribution in [-0.2, 0) is 14.3 Å². The molecule has 1 aliphatic rings. The monoisotopic (exact) mass is 173 g/mol. The molecule has 0 spiro atoms. The van der Waals surface area contributed by atoms with E-state index in [-0.39, 0.29) is 12.6 Å². The van der Waals surface area contributed by atoms with Crippen molar-refractivity contribution in [3.8, 4) is 0 Å². The largest absolute Gasteiger partial charge is 0.468 e. The summed E-state index contributed by atoms with van der Waals surface area (Å²) in [5.74, 6) is -0.484. The standard InChI is InChI=1S/C7H11NO4/c1-11-6(9)4-8-7(10)12-5-2-3-5/h5H,2-4H2,1H3,(H,8,10). The minimum absolute atomic E-state index is 0.0580. The lowest BCUT2D eigenvalue weighted by atomic mass is 10.6. The van der Waals surface area contributed by atoms with Crippen LogP contribution < -0.4 is 5.32 Å². The summed E-state index contributed by atoms with van der Waals surface area (Å²) in [5, 5.41) is 2.27. The molecule has 12 heavy (non-hydrogen) atoms. The molecular formula is C7H11NO4. The van der Waals surface area contributed by atoms with Crippen LogP contribution in [0.1, 0.15) is 12.8 Å². The molecule has 0 bridgehead atoms. The van der Waals surface area contributed by atoms with E-state index >= 15 is 0 Å². The van der Waals surface area contributed by atoms with E-state index in [1.165, 1.54) is 7.11 Å². The lowest BCUT2D eigenvalue weighted by Crippen LogP contribution is -2.31. The van der Waals surface area contributed by atoms with Gasteiger partial charge in [0.25, 0.3) is 0 Å². The number of amides is 1. The van der Waals surface area contributed by atoms with Gasteiger partial charge in [-0.2, -0.15) is 0 Å². The average Bonchev–Trinajstić information content (AvgIpc) is 2.84. The van der Waals surface area contributed by atoms with Crippen molar-refractivity contribution in [2.24, 2.45) is 0 Å². The first-order valence-corrected chi connectivity index (χ1v) is 3.73. The van der Waals surface area contributed by atoms with E-state index in [0.717, 1.165) is 12.8 Å². The average molecular weight is 173 g/mol. The quantitative estimate of drug-likeness (QED) is 0.612. The molecule has 0 aromatic rings. The Hall–Kier alpha value is -1.26. The molecule has 0 saturated heterocycles. The van der Waals surface area contributed by atoms with E-state index in [1.807, 2.05) is 0 Å². The van der Waals surface area contributed by atoms with Crippen molar-refractivity contribution in [2.45, 2.75) is 18.9 Å². The molecule has 0 atom stereocenters. The van der Waals surface area contributed by atoms with E-state index in [1.54, 1.807) is 0 Å². The lowest BCUT2D eigenvalue weighted by Gasteiger charge is -2.03.